The SMILES string of the molecule is CN1CCOC(C(NN)c2cncc(F)c2)C1. The molecular formula is C11H17FN4O. The Morgan fingerprint density at radius 2 is 2.47 bits per heavy atom. The Bertz CT molecular complexity index is 376. The number of nitrogens with zero attached hydrogens (tertiary/aromatic N) is 2. The summed E-state index contributed by atoms with van der Waals surface area (Å²) in [5, 5.41) is 0. The lowest BCUT2D eigenvalue weighted by molar-refractivity contribution is -0.0394. The number of rotatable bonds is 3. The van der Waals surface area contributed by atoms with Gasteiger partial charge in [0.25, 0.3) is 0 Å². The molecule has 1 aliphatic rings. The number of ether oxygens (including phenoxy) is 1. The van der Waals surface area contributed by atoms with E-state index in [4.69, 9.17) is 10.6 Å². The van der Waals surface area contributed by atoms with Gasteiger partial charge in [-0.25, -0.2) is 4.39 Å². The highest BCUT2D eigenvalue weighted by molar-refractivity contribution is 5.16. The van der Waals surface area contributed by atoms with Crippen molar-refractivity contribution < 1.29 is 9.13 Å². The monoisotopic (exact) mass is 240 g/mol. The maximum absolute atomic E-state index is 13.1. The summed E-state index contributed by atoms with van der Waals surface area (Å²) in [5.41, 5.74) is 3.38. The minimum absolute atomic E-state index is 0.0950. The highest BCUT2D eigenvalue weighted by atomic mass is 19.1. The van der Waals surface area contributed by atoms with E-state index < -0.39 is 0 Å². The fourth-order valence-electron chi connectivity index (χ4n) is 2.03. The van der Waals surface area contributed by atoms with Crippen LogP contribution in [0, 0.1) is 5.82 Å². The van der Waals surface area contributed by atoms with Crippen molar-refractivity contribution in [2.24, 2.45) is 5.84 Å². The first-order chi connectivity index (χ1) is 8.20. The molecule has 2 atom stereocenters. The molecule has 2 heterocycles. The van der Waals surface area contributed by atoms with Crippen LogP contribution in [-0.2, 0) is 4.74 Å². The molecule has 0 saturated carbocycles. The van der Waals surface area contributed by atoms with Gasteiger partial charge in [-0.05, 0) is 18.7 Å². The van der Waals surface area contributed by atoms with Gasteiger partial charge in [0.2, 0.25) is 0 Å². The van der Waals surface area contributed by atoms with Crippen molar-refractivity contribution in [3.05, 3.63) is 29.8 Å². The normalized spacial score (nSPS) is 23.6. The van der Waals surface area contributed by atoms with Gasteiger partial charge in [0.05, 0.1) is 24.9 Å². The highest BCUT2D eigenvalue weighted by Crippen LogP contribution is 2.21. The molecule has 6 heteroatoms. The van der Waals surface area contributed by atoms with Gasteiger partial charge in [0.1, 0.15) is 5.82 Å². The van der Waals surface area contributed by atoms with Crippen molar-refractivity contribution in [2.75, 3.05) is 26.7 Å². The molecule has 1 aromatic heterocycles. The minimum Gasteiger partial charge on any atom is -0.374 e. The van der Waals surface area contributed by atoms with E-state index >= 15 is 0 Å². The number of halogens is 1. The predicted molar refractivity (Wildman–Crippen MR) is 61.5 cm³/mol. The Morgan fingerprint density at radius 1 is 1.65 bits per heavy atom. The largest absolute Gasteiger partial charge is 0.374 e. The van der Waals surface area contributed by atoms with E-state index in [1.807, 2.05) is 7.05 Å². The van der Waals surface area contributed by atoms with Gasteiger partial charge in [-0.3, -0.25) is 16.3 Å². The molecule has 1 saturated heterocycles. The number of hydrazine groups is 1. The first-order valence-electron chi connectivity index (χ1n) is 5.57. The van der Waals surface area contributed by atoms with Crippen LogP contribution in [0.2, 0.25) is 0 Å². The Labute approximate surface area is 99.7 Å². The molecule has 0 aliphatic carbocycles. The predicted octanol–water partition coefficient (Wildman–Crippen LogP) is 0.0557. The van der Waals surface area contributed by atoms with E-state index in [0.717, 1.165) is 13.1 Å². The van der Waals surface area contributed by atoms with E-state index in [2.05, 4.69) is 15.3 Å². The number of hydrogen-bond acceptors (Lipinski definition) is 5. The van der Waals surface area contributed by atoms with E-state index in [1.165, 1.54) is 12.3 Å². The molecule has 2 unspecified atom stereocenters. The molecule has 0 radical (unpaired) electrons. The van der Waals surface area contributed by atoms with Crippen LogP contribution in [0.15, 0.2) is 18.5 Å². The third-order valence-corrected chi connectivity index (χ3v) is 2.93. The number of pyridine rings is 1. The molecule has 2 rings (SSSR count). The number of morpholine rings is 1. The van der Waals surface area contributed by atoms with Gasteiger partial charge in [0.15, 0.2) is 0 Å². The highest BCUT2D eigenvalue weighted by Gasteiger charge is 2.27. The Morgan fingerprint density at radius 3 is 3.12 bits per heavy atom. The quantitative estimate of drug-likeness (QED) is 0.577. The first-order valence-corrected chi connectivity index (χ1v) is 5.57. The fraction of sp³-hybridized carbons (Fsp3) is 0.545. The summed E-state index contributed by atoms with van der Waals surface area (Å²) in [7, 11) is 2.02. The second-order valence-electron chi connectivity index (χ2n) is 4.25. The van der Waals surface area contributed by atoms with Crippen LogP contribution in [0.5, 0.6) is 0 Å². The van der Waals surface area contributed by atoms with Crippen LogP contribution in [-0.4, -0.2) is 42.7 Å². The Balaban J connectivity index is 2.15. The van der Waals surface area contributed by atoms with Crippen molar-refractivity contribution >= 4 is 0 Å². The van der Waals surface area contributed by atoms with Gasteiger partial charge >= 0.3 is 0 Å². The van der Waals surface area contributed by atoms with Crippen molar-refractivity contribution in [1.29, 1.82) is 0 Å². The number of aromatic nitrogens is 1. The molecule has 1 aliphatic heterocycles. The fourth-order valence-corrected chi connectivity index (χ4v) is 2.03. The van der Waals surface area contributed by atoms with Crippen LogP contribution in [0.4, 0.5) is 4.39 Å². The second-order valence-corrected chi connectivity index (χ2v) is 4.25. The minimum atomic E-state index is -0.369. The molecule has 17 heavy (non-hydrogen) atoms. The zero-order chi connectivity index (χ0) is 12.3. The molecule has 1 fully saturated rings. The van der Waals surface area contributed by atoms with Gasteiger partial charge < -0.3 is 9.64 Å². The van der Waals surface area contributed by atoms with Crippen LogP contribution in [0.1, 0.15) is 11.6 Å². The summed E-state index contributed by atoms with van der Waals surface area (Å²) < 4.78 is 18.8. The maximum atomic E-state index is 13.1. The third kappa shape index (κ3) is 2.98. The summed E-state index contributed by atoms with van der Waals surface area (Å²) in [4.78, 5) is 5.99. The summed E-state index contributed by atoms with van der Waals surface area (Å²) in [5.74, 6) is 5.16. The Hall–Kier alpha value is -1.08. The van der Waals surface area contributed by atoms with E-state index in [9.17, 15) is 4.39 Å². The summed E-state index contributed by atoms with van der Waals surface area (Å²) in [6.07, 6.45) is 2.68. The second kappa shape index (κ2) is 5.50. The van der Waals surface area contributed by atoms with Crippen LogP contribution in [0.25, 0.3) is 0 Å². The average Bonchev–Trinajstić information content (AvgIpc) is 2.30. The molecule has 3 N–H and O–H groups in total. The van der Waals surface area contributed by atoms with Gasteiger partial charge in [-0.15, -0.1) is 0 Å². The van der Waals surface area contributed by atoms with Gasteiger partial charge in [-0.1, -0.05) is 0 Å². The van der Waals surface area contributed by atoms with Crippen LogP contribution in [0.3, 0.4) is 0 Å². The number of nitrogens with one attached hydrogen (secondary N) is 1. The lowest BCUT2D eigenvalue weighted by Gasteiger charge is -2.34. The smallest absolute Gasteiger partial charge is 0.141 e. The third-order valence-electron chi connectivity index (χ3n) is 2.93. The number of likely N-dealkylation sites (N-methyl/N-ethyl adjacent to an activating group) is 1. The number of hydrogen-bond donors (Lipinski definition) is 2. The molecule has 0 amide bonds. The van der Waals surface area contributed by atoms with E-state index in [0.29, 0.717) is 12.2 Å². The zero-order valence-electron chi connectivity index (χ0n) is 9.77. The summed E-state index contributed by atoms with van der Waals surface area (Å²) >= 11 is 0. The van der Waals surface area contributed by atoms with E-state index in [-0.39, 0.29) is 18.0 Å². The lowest BCUT2D eigenvalue weighted by atomic mass is 10.0. The molecule has 0 spiro atoms. The molecule has 0 bridgehead atoms. The molecule has 94 valence electrons. The molecule has 0 aromatic carbocycles. The van der Waals surface area contributed by atoms with Crippen molar-refractivity contribution in [3.8, 4) is 0 Å². The van der Waals surface area contributed by atoms with Gasteiger partial charge in [0, 0.05) is 19.3 Å². The lowest BCUT2D eigenvalue weighted by Crippen LogP contribution is -2.48. The Kier molecular flexibility index (Phi) is 4.01. The van der Waals surface area contributed by atoms with Crippen molar-refractivity contribution in [2.45, 2.75) is 12.1 Å². The topological polar surface area (TPSA) is 63.4 Å². The molecule has 5 nitrogen and oxygen atoms in total. The molecular weight excluding hydrogens is 223 g/mol. The number of nitrogens with two attached hydrogens (primary N) is 1. The summed E-state index contributed by atoms with van der Waals surface area (Å²) in [6.45, 7) is 2.31. The molecule has 1 aromatic rings. The van der Waals surface area contributed by atoms with Gasteiger partial charge in [-0.2, -0.15) is 0 Å². The zero-order valence-corrected chi connectivity index (χ0v) is 9.77. The van der Waals surface area contributed by atoms with Crippen LogP contribution >= 0.6 is 0 Å². The van der Waals surface area contributed by atoms with Crippen LogP contribution < -0.4 is 11.3 Å². The maximum Gasteiger partial charge on any atom is 0.141 e. The standard InChI is InChI=1S/C11H17FN4O/c1-16-2-3-17-10(7-16)11(15-13)8-4-9(12)6-14-5-8/h4-6,10-11,15H,2-3,7,13H2,1H3. The average molecular weight is 240 g/mol. The van der Waals surface area contributed by atoms with Crippen molar-refractivity contribution in [1.82, 2.24) is 15.3 Å². The van der Waals surface area contributed by atoms with E-state index in [1.54, 1.807) is 6.20 Å². The summed E-state index contributed by atoms with van der Waals surface area (Å²) in [6, 6.07) is 1.18. The van der Waals surface area contributed by atoms with Crippen molar-refractivity contribution in [3.63, 3.8) is 0 Å². The first kappa shape index (κ1) is 12.4.